The number of rotatable bonds is 6. The first-order chi connectivity index (χ1) is 10.6. The molecule has 0 saturated heterocycles. The number of ketones is 1. The van der Waals surface area contributed by atoms with Crippen LogP contribution in [0.25, 0.3) is 0 Å². The Balaban J connectivity index is 0. The number of carbonyl (C=O) groups excluding carboxylic acids is 3. The Morgan fingerprint density at radius 1 is 1.33 bits per heavy atom. The van der Waals surface area contributed by atoms with E-state index in [9.17, 15) is 24.3 Å². The molecule has 0 aromatic heterocycles. The number of amides is 2. The third kappa shape index (κ3) is 6.70. The third-order valence-corrected chi connectivity index (χ3v) is 3.73. The van der Waals surface area contributed by atoms with Gasteiger partial charge < -0.3 is 15.5 Å². The van der Waals surface area contributed by atoms with E-state index in [1.165, 1.54) is 6.92 Å². The van der Waals surface area contributed by atoms with E-state index >= 15 is 0 Å². The zero-order valence-electron chi connectivity index (χ0n) is 14.8. The van der Waals surface area contributed by atoms with Gasteiger partial charge >= 0.3 is 35.5 Å². The van der Waals surface area contributed by atoms with E-state index in [1.54, 1.807) is 6.92 Å². The van der Waals surface area contributed by atoms with Crippen LogP contribution >= 0.6 is 0 Å². The van der Waals surface area contributed by atoms with Gasteiger partial charge in [-0.2, -0.15) is 0 Å². The van der Waals surface area contributed by atoms with E-state index in [2.05, 4.69) is 10.3 Å². The maximum Gasteiger partial charge on any atom is 1.00 e. The quantitative estimate of drug-likeness (QED) is 0.394. The Kier molecular flexibility index (Phi) is 11.8. The molecule has 1 heterocycles. The molecule has 2 N–H and O–H groups in total. The largest absolute Gasteiger partial charge is 1.00 e. The van der Waals surface area contributed by atoms with Crippen LogP contribution in [0, 0.1) is 11.3 Å². The fourth-order valence-corrected chi connectivity index (χ4v) is 2.51. The molecule has 24 heavy (non-hydrogen) atoms. The van der Waals surface area contributed by atoms with Crippen LogP contribution in [0.15, 0.2) is 4.99 Å². The molecule has 0 saturated carbocycles. The molecule has 0 bridgehead atoms. The zero-order chi connectivity index (χ0) is 18.2. The molecule has 0 fully saturated rings. The first kappa shape index (κ1) is 25.0. The van der Waals surface area contributed by atoms with Gasteiger partial charge in [-0.15, -0.1) is 0 Å². The summed E-state index contributed by atoms with van der Waals surface area (Å²) in [6.45, 7) is 6.87. The molecular weight excluding hydrogens is 327 g/mol. The van der Waals surface area contributed by atoms with Gasteiger partial charge in [-0.3, -0.25) is 19.2 Å². The topological polar surface area (TPSA) is 136 Å². The van der Waals surface area contributed by atoms with Gasteiger partial charge in [-0.25, -0.2) is 4.99 Å². The molecule has 2 amide bonds. The Morgan fingerprint density at radius 2 is 1.88 bits per heavy atom. The minimum atomic E-state index is -1.15. The normalized spacial score (nSPS) is 20.6. The van der Waals surface area contributed by atoms with Gasteiger partial charge in [0.1, 0.15) is 17.6 Å². The van der Waals surface area contributed by atoms with Crippen molar-refractivity contribution in [2.24, 2.45) is 16.3 Å². The minimum Gasteiger partial charge on any atom is -0.846 e. The fraction of sp³-hybridized carbons (Fsp3) is 0.667. The van der Waals surface area contributed by atoms with Crippen LogP contribution in [0.1, 0.15) is 53.4 Å². The third-order valence-electron chi connectivity index (χ3n) is 3.73. The minimum absolute atomic E-state index is 0. The SMILES string of the molecule is CC(=O)CC(=O)O.CCCC(C)C1(CC)C(=O)N=C([O-])NC1=O.[Na+]. The summed E-state index contributed by atoms with van der Waals surface area (Å²) < 4.78 is 0. The number of amidine groups is 1. The summed E-state index contributed by atoms with van der Waals surface area (Å²) in [5, 5.41) is 20.9. The summed E-state index contributed by atoms with van der Waals surface area (Å²) in [6.07, 6.45) is 1.66. The molecule has 2 atom stereocenters. The zero-order valence-corrected chi connectivity index (χ0v) is 16.8. The van der Waals surface area contributed by atoms with Crippen molar-refractivity contribution >= 4 is 29.6 Å². The summed E-state index contributed by atoms with van der Waals surface area (Å²) in [6, 6.07) is -0.845. The van der Waals surface area contributed by atoms with Crippen LogP contribution in [-0.4, -0.2) is 34.7 Å². The first-order valence-electron chi connectivity index (χ1n) is 7.44. The van der Waals surface area contributed by atoms with Crippen LogP contribution in [0.3, 0.4) is 0 Å². The molecule has 0 radical (unpaired) electrons. The van der Waals surface area contributed by atoms with Gasteiger partial charge in [0.15, 0.2) is 0 Å². The molecule has 1 aliphatic heterocycles. The Morgan fingerprint density at radius 3 is 2.17 bits per heavy atom. The molecule has 9 heteroatoms. The number of aliphatic imine (C=N–C) groups is 1. The second-order valence-corrected chi connectivity index (χ2v) is 5.46. The van der Waals surface area contributed by atoms with Crippen LogP contribution in [0.4, 0.5) is 0 Å². The second-order valence-electron chi connectivity index (χ2n) is 5.46. The van der Waals surface area contributed by atoms with Gasteiger partial charge in [0.2, 0.25) is 5.91 Å². The standard InChI is InChI=1S/C11H18N2O3.C4H6O3.Na/c1-4-6-7(3)11(5-2)8(14)12-10(16)13-9(11)15;1-3(5)2-4(6)7;/h7H,4-6H2,1-3H3,(H2,12,13,14,15,16);2H2,1H3,(H,6,7);/q;;+1/p-1. The van der Waals surface area contributed by atoms with Crippen LogP contribution in [0.2, 0.25) is 0 Å². The number of hydrogen-bond donors (Lipinski definition) is 2. The summed E-state index contributed by atoms with van der Waals surface area (Å²) >= 11 is 0. The number of nitrogens with zero attached hydrogens (tertiary/aromatic N) is 1. The van der Waals surface area contributed by atoms with Gasteiger partial charge in [0.05, 0.1) is 6.02 Å². The predicted molar refractivity (Wildman–Crippen MR) is 80.3 cm³/mol. The Bertz CT molecular complexity index is 508. The van der Waals surface area contributed by atoms with Crippen molar-refractivity contribution in [1.29, 1.82) is 0 Å². The molecule has 1 aliphatic rings. The van der Waals surface area contributed by atoms with Crippen molar-refractivity contribution in [2.75, 3.05) is 0 Å². The van der Waals surface area contributed by atoms with Crippen molar-refractivity contribution in [1.82, 2.24) is 5.32 Å². The number of hydrogen-bond acceptors (Lipinski definition) is 5. The van der Waals surface area contributed by atoms with Gasteiger partial charge in [0, 0.05) is 0 Å². The molecule has 130 valence electrons. The fourth-order valence-electron chi connectivity index (χ4n) is 2.51. The molecule has 0 aromatic carbocycles. The maximum absolute atomic E-state index is 11.9. The molecular formula is C15H23N2NaO6. The molecule has 2 unspecified atom stereocenters. The molecule has 0 aliphatic carbocycles. The average Bonchev–Trinajstić information content (AvgIpc) is 2.38. The number of carboxylic acids is 1. The Labute approximate surface area is 163 Å². The number of aliphatic carboxylic acids is 1. The summed E-state index contributed by atoms with van der Waals surface area (Å²) in [5.41, 5.74) is -1.15. The van der Waals surface area contributed by atoms with E-state index in [0.717, 1.165) is 12.8 Å². The van der Waals surface area contributed by atoms with E-state index in [1.807, 2.05) is 13.8 Å². The second kappa shape index (κ2) is 11.3. The summed E-state index contributed by atoms with van der Waals surface area (Å²) in [4.78, 5) is 46.5. The summed E-state index contributed by atoms with van der Waals surface area (Å²) in [7, 11) is 0. The predicted octanol–water partition coefficient (Wildman–Crippen LogP) is -2.75. The molecule has 0 aromatic rings. The van der Waals surface area contributed by atoms with Crippen molar-refractivity contribution in [3.8, 4) is 0 Å². The van der Waals surface area contributed by atoms with Crippen molar-refractivity contribution < 1.29 is 58.9 Å². The van der Waals surface area contributed by atoms with Gasteiger partial charge in [0.25, 0.3) is 5.91 Å². The molecule has 1 rings (SSSR count). The Hall–Kier alpha value is -1.25. The number of nitrogens with one attached hydrogen (secondary N) is 1. The number of carbonyl (C=O) groups is 4. The van der Waals surface area contributed by atoms with Crippen LogP contribution in [0.5, 0.6) is 0 Å². The van der Waals surface area contributed by atoms with Crippen LogP contribution in [-0.2, 0) is 19.2 Å². The maximum atomic E-state index is 11.9. The van der Waals surface area contributed by atoms with Gasteiger partial charge in [-0.05, 0) is 25.7 Å². The van der Waals surface area contributed by atoms with Crippen LogP contribution < -0.4 is 40.0 Å². The van der Waals surface area contributed by atoms with Crippen molar-refractivity contribution in [2.45, 2.75) is 53.4 Å². The monoisotopic (exact) mass is 350 g/mol. The van der Waals surface area contributed by atoms with E-state index in [0.29, 0.717) is 6.42 Å². The van der Waals surface area contributed by atoms with Gasteiger partial charge in [-0.1, -0.05) is 27.2 Å². The average molecular weight is 350 g/mol. The van der Waals surface area contributed by atoms with E-state index < -0.39 is 29.2 Å². The smallest absolute Gasteiger partial charge is 0.846 e. The van der Waals surface area contributed by atoms with Crippen molar-refractivity contribution in [3.63, 3.8) is 0 Å². The molecule has 8 nitrogen and oxygen atoms in total. The number of carboxylic acid groups (broad SMARTS) is 1. The summed E-state index contributed by atoms with van der Waals surface area (Å²) in [5.74, 6) is -2.57. The van der Waals surface area contributed by atoms with E-state index in [-0.39, 0.29) is 47.7 Å². The van der Waals surface area contributed by atoms with E-state index in [4.69, 9.17) is 5.11 Å². The molecule has 0 spiro atoms. The van der Waals surface area contributed by atoms with Crippen molar-refractivity contribution in [3.05, 3.63) is 0 Å². The first-order valence-corrected chi connectivity index (χ1v) is 7.44. The number of Topliss-reactive ketones (excluding diaryl/α,β-unsaturated/α-hetero) is 1.